The number of halogens is 1. The number of rotatable bonds is 4. The van der Waals surface area contributed by atoms with E-state index in [1.54, 1.807) is 0 Å². The highest BCUT2D eigenvalue weighted by Gasteiger charge is 2.25. The Morgan fingerprint density at radius 3 is 2.44 bits per heavy atom. The zero-order valence-corrected chi connectivity index (χ0v) is 10.6. The van der Waals surface area contributed by atoms with Crippen LogP contribution in [0.1, 0.15) is 37.2 Å². The van der Waals surface area contributed by atoms with Gasteiger partial charge < -0.3 is 5.32 Å². The second kappa shape index (κ2) is 5.70. The van der Waals surface area contributed by atoms with E-state index in [4.69, 9.17) is 11.6 Å². The minimum atomic E-state index is 0.657. The second-order valence-electron chi connectivity index (χ2n) is 4.76. The predicted molar refractivity (Wildman–Crippen MR) is 70.1 cm³/mol. The Labute approximate surface area is 103 Å². The van der Waals surface area contributed by atoms with Gasteiger partial charge in [-0.2, -0.15) is 0 Å². The molecule has 1 atom stereocenters. The average molecular weight is 238 g/mol. The highest BCUT2D eigenvalue weighted by molar-refractivity contribution is 6.30. The average Bonchev–Trinajstić information content (AvgIpc) is 2.81. The third-order valence-electron chi connectivity index (χ3n) is 3.69. The van der Waals surface area contributed by atoms with Gasteiger partial charge in [0.05, 0.1) is 0 Å². The van der Waals surface area contributed by atoms with Gasteiger partial charge in [0.25, 0.3) is 0 Å². The first-order valence-corrected chi connectivity index (χ1v) is 6.59. The van der Waals surface area contributed by atoms with Gasteiger partial charge in [0, 0.05) is 11.6 Å². The molecule has 16 heavy (non-hydrogen) atoms. The molecule has 1 aromatic rings. The van der Waals surface area contributed by atoms with Crippen LogP contribution in [0.25, 0.3) is 0 Å². The van der Waals surface area contributed by atoms with E-state index in [9.17, 15) is 0 Å². The van der Waals surface area contributed by atoms with Gasteiger partial charge >= 0.3 is 0 Å². The second-order valence-corrected chi connectivity index (χ2v) is 5.20. The molecule has 1 aliphatic carbocycles. The van der Waals surface area contributed by atoms with Crippen molar-refractivity contribution < 1.29 is 0 Å². The minimum Gasteiger partial charge on any atom is -0.319 e. The molecule has 0 saturated heterocycles. The van der Waals surface area contributed by atoms with E-state index in [0.717, 1.165) is 17.5 Å². The number of likely N-dealkylation sites (N-methyl/N-ethyl adjacent to an activating group) is 1. The first kappa shape index (κ1) is 11.9. The van der Waals surface area contributed by atoms with Crippen LogP contribution in [-0.4, -0.2) is 13.6 Å². The Balaban J connectivity index is 2.14. The van der Waals surface area contributed by atoms with Crippen molar-refractivity contribution in [3.8, 4) is 0 Å². The fourth-order valence-corrected chi connectivity index (χ4v) is 2.97. The van der Waals surface area contributed by atoms with Crippen LogP contribution in [0.15, 0.2) is 24.3 Å². The monoisotopic (exact) mass is 237 g/mol. The molecule has 1 N–H and O–H groups in total. The molecule has 2 heteroatoms. The van der Waals surface area contributed by atoms with Gasteiger partial charge in [-0.25, -0.2) is 0 Å². The topological polar surface area (TPSA) is 12.0 Å². The summed E-state index contributed by atoms with van der Waals surface area (Å²) in [6.07, 6.45) is 5.57. The van der Waals surface area contributed by atoms with E-state index in [1.165, 1.54) is 31.2 Å². The first-order chi connectivity index (χ1) is 7.81. The van der Waals surface area contributed by atoms with Crippen molar-refractivity contribution in [1.82, 2.24) is 5.32 Å². The van der Waals surface area contributed by atoms with Crippen LogP contribution in [0.2, 0.25) is 5.02 Å². The molecule has 0 radical (unpaired) electrons. The number of benzene rings is 1. The fourth-order valence-electron chi connectivity index (χ4n) is 2.85. The van der Waals surface area contributed by atoms with Crippen LogP contribution >= 0.6 is 11.6 Å². The smallest absolute Gasteiger partial charge is 0.0406 e. The zero-order chi connectivity index (χ0) is 11.4. The maximum Gasteiger partial charge on any atom is 0.0406 e. The predicted octanol–water partition coefficient (Wildman–Crippen LogP) is 3.83. The Kier molecular flexibility index (Phi) is 4.25. The lowest BCUT2D eigenvalue weighted by atomic mass is 9.85. The molecule has 1 nitrogen and oxygen atoms in total. The standard InChI is InChI=1S/C14H20ClN/c1-16-10-14(11-4-2-3-5-11)12-6-8-13(15)9-7-12/h6-9,11,14,16H,2-5,10H2,1H3. The Bertz CT molecular complexity index is 314. The SMILES string of the molecule is CNCC(c1ccc(Cl)cc1)C1CCCC1. The molecule has 1 aromatic carbocycles. The van der Waals surface area contributed by atoms with Crippen molar-refractivity contribution in [1.29, 1.82) is 0 Å². The number of hydrogen-bond donors (Lipinski definition) is 1. The van der Waals surface area contributed by atoms with Crippen LogP contribution in [0.5, 0.6) is 0 Å². The van der Waals surface area contributed by atoms with Crippen molar-refractivity contribution in [3.05, 3.63) is 34.9 Å². The van der Waals surface area contributed by atoms with Gasteiger partial charge in [-0.1, -0.05) is 36.6 Å². The lowest BCUT2D eigenvalue weighted by molar-refractivity contribution is 0.421. The summed E-state index contributed by atoms with van der Waals surface area (Å²) in [4.78, 5) is 0. The molecule has 2 rings (SSSR count). The highest BCUT2D eigenvalue weighted by atomic mass is 35.5. The molecule has 0 spiro atoms. The Hall–Kier alpha value is -0.530. The molecule has 1 fully saturated rings. The molecule has 0 amide bonds. The van der Waals surface area contributed by atoms with Gasteiger partial charge in [0.2, 0.25) is 0 Å². The van der Waals surface area contributed by atoms with Crippen LogP contribution < -0.4 is 5.32 Å². The van der Waals surface area contributed by atoms with E-state index in [1.807, 2.05) is 19.2 Å². The molecule has 1 unspecified atom stereocenters. The quantitative estimate of drug-likeness (QED) is 0.839. The van der Waals surface area contributed by atoms with Gasteiger partial charge in [0.15, 0.2) is 0 Å². The maximum absolute atomic E-state index is 5.94. The third kappa shape index (κ3) is 2.78. The normalized spacial score (nSPS) is 18.9. The molecule has 1 aliphatic rings. The minimum absolute atomic E-state index is 0.657. The van der Waals surface area contributed by atoms with Gasteiger partial charge in [-0.3, -0.25) is 0 Å². The lowest BCUT2D eigenvalue weighted by Crippen LogP contribution is -2.22. The summed E-state index contributed by atoms with van der Waals surface area (Å²) in [7, 11) is 2.04. The summed E-state index contributed by atoms with van der Waals surface area (Å²) in [6, 6.07) is 8.38. The summed E-state index contributed by atoms with van der Waals surface area (Å²) in [5.41, 5.74) is 1.44. The van der Waals surface area contributed by atoms with Crippen molar-refractivity contribution in [2.75, 3.05) is 13.6 Å². The summed E-state index contributed by atoms with van der Waals surface area (Å²) < 4.78 is 0. The Morgan fingerprint density at radius 1 is 1.25 bits per heavy atom. The maximum atomic E-state index is 5.94. The van der Waals surface area contributed by atoms with Crippen LogP contribution in [0.4, 0.5) is 0 Å². The molecular formula is C14H20ClN. The zero-order valence-electron chi connectivity index (χ0n) is 9.88. The van der Waals surface area contributed by atoms with Crippen LogP contribution in [0, 0.1) is 5.92 Å². The Morgan fingerprint density at radius 2 is 1.88 bits per heavy atom. The highest BCUT2D eigenvalue weighted by Crippen LogP contribution is 2.37. The summed E-state index contributed by atoms with van der Waals surface area (Å²) >= 11 is 5.94. The molecule has 0 heterocycles. The van der Waals surface area contributed by atoms with Crippen molar-refractivity contribution in [2.45, 2.75) is 31.6 Å². The van der Waals surface area contributed by atoms with E-state index in [0.29, 0.717) is 5.92 Å². The van der Waals surface area contributed by atoms with Crippen molar-refractivity contribution in [3.63, 3.8) is 0 Å². The molecule has 0 aliphatic heterocycles. The van der Waals surface area contributed by atoms with Gasteiger partial charge in [-0.05, 0) is 49.4 Å². The van der Waals surface area contributed by atoms with E-state index >= 15 is 0 Å². The van der Waals surface area contributed by atoms with Crippen LogP contribution in [0.3, 0.4) is 0 Å². The van der Waals surface area contributed by atoms with Crippen molar-refractivity contribution in [2.24, 2.45) is 5.92 Å². The molecular weight excluding hydrogens is 218 g/mol. The summed E-state index contributed by atoms with van der Waals surface area (Å²) in [5, 5.41) is 4.16. The molecule has 88 valence electrons. The number of nitrogens with one attached hydrogen (secondary N) is 1. The fraction of sp³-hybridized carbons (Fsp3) is 0.571. The molecule has 0 aromatic heterocycles. The van der Waals surface area contributed by atoms with E-state index in [2.05, 4.69) is 17.4 Å². The van der Waals surface area contributed by atoms with E-state index < -0.39 is 0 Å². The molecule has 0 bridgehead atoms. The van der Waals surface area contributed by atoms with E-state index in [-0.39, 0.29) is 0 Å². The summed E-state index contributed by atoms with van der Waals surface area (Å²) in [6.45, 7) is 1.08. The third-order valence-corrected chi connectivity index (χ3v) is 3.94. The summed E-state index contributed by atoms with van der Waals surface area (Å²) in [5.74, 6) is 1.51. The largest absolute Gasteiger partial charge is 0.319 e. The lowest BCUT2D eigenvalue weighted by Gasteiger charge is -2.23. The van der Waals surface area contributed by atoms with Crippen molar-refractivity contribution >= 4 is 11.6 Å². The van der Waals surface area contributed by atoms with Crippen LogP contribution in [-0.2, 0) is 0 Å². The first-order valence-electron chi connectivity index (χ1n) is 6.21. The van der Waals surface area contributed by atoms with Gasteiger partial charge in [-0.15, -0.1) is 0 Å². The number of hydrogen-bond acceptors (Lipinski definition) is 1. The van der Waals surface area contributed by atoms with Gasteiger partial charge in [0.1, 0.15) is 0 Å². The molecule has 1 saturated carbocycles.